The molecular formula is C44H47F3N8O6S2. The van der Waals surface area contributed by atoms with Crippen molar-refractivity contribution in [3.05, 3.63) is 129 Å². The first-order chi connectivity index (χ1) is 30.2. The molecule has 2 aliphatic heterocycles. The highest BCUT2D eigenvalue weighted by molar-refractivity contribution is 7.15. The Kier molecular flexibility index (Phi) is 16.1. The minimum absolute atomic E-state index is 0.172. The van der Waals surface area contributed by atoms with Gasteiger partial charge in [-0.05, 0) is 93.1 Å². The predicted octanol–water partition coefficient (Wildman–Crippen LogP) is 9.31. The molecule has 0 unspecified atom stereocenters. The zero-order chi connectivity index (χ0) is 44.9. The maximum absolute atomic E-state index is 11.4. The maximum atomic E-state index is 11.4. The Hall–Kier alpha value is -6.02. The standard InChI is InChI=1S/C21H22N4O3S.C21H24N4OS.C2HF3O2/c1-24-9-7-16(8-10-24)21-23-13-19(29-21)17-11-18(20(22-12-17)25(26)27)28-14-15-5-3-2-4-6-15;1-25-9-7-16(8-10-25)21-24-13-19(27-21)17-11-18(20(22)23-12-17)26-14-15-5-3-2-4-6-15;3-2(4,5)1(6)7/h2-6,11-13,16H,7-10,14H2,1H3;2-6,11-13,16H,7-10,14H2,1H3,(H2,22,23);(H,6,7). The van der Waals surface area contributed by atoms with E-state index in [1.165, 1.54) is 24.0 Å². The topological polar surface area (TPSA) is 183 Å². The van der Waals surface area contributed by atoms with E-state index in [2.05, 4.69) is 43.8 Å². The quantitative estimate of drug-likeness (QED) is 0.0928. The monoisotopic (exact) mass is 904 g/mol. The smallest absolute Gasteiger partial charge is 0.485 e. The highest BCUT2D eigenvalue weighted by atomic mass is 32.1. The average molecular weight is 905 g/mol. The lowest BCUT2D eigenvalue weighted by atomic mass is 9.98. The molecule has 63 heavy (non-hydrogen) atoms. The van der Waals surface area contributed by atoms with Crippen LogP contribution in [0.25, 0.3) is 20.9 Å². The number of thiazole rings is 2. The van der Waals surface area contributed by atoms with Gasteiger partial charge in [0, 0.05) is 47.6 Å². The average Bonchev–Trinajstić information content (AvgIpc) is 3.99. The van der Waals surface area contributed by atoms with E-state index < -0.39 is 17.1 Å². The van der Waals surface area contributed by atoms with Crippen molar-refractivity contribution in [2.45, 2.75) is 56.9 Å². The summed E-state index contributed by atoms with van der Waals surface area (Å²) in [5.74, 6) is -0.789. The number of aromatic nitrogens is 4. The van der Waals surface area contributed by atoms with E-state index >= 15 is 0 Å². The molecule has 2 fully saturated rings. The lowest BCUT2D eigenvalue weighted by Gasteiger charge is -2.27. The fourth-order valence-corrected chi connectivity index (χ4v) is 8.86. The second-order valence-electron chi connectivity index (χ2n) is 15.0. The van der Waals surface area contributed by atoms with Crippen LogP contribution in [-0.2, 0) is 18.0 Å². The molecule has 14 nitrogen and oxygen atoms in total. The van der Waals surface area contributed by atoms with Crippen LogP contribution in [0.1, 0.15) is 58.7 Å². The molecule has 0 aliphatic carbocycles. The SMILES string of the molecule is CN1CCC(c2ncc(-c3cnc(N)c(OCc4ccccc4)c3)s2)CC1.CN1CCC(c2ncc(-c3cnc([N+](=O)[O-])c(OCc4ccccc4)c3)s2)CC1.O=C(O)C(F)(F)F. The number of alkyl halides is 3. The summed E-state index contributed by atoms with van der Waals surface area (Å²) >= 11 is 3.39. The Morgan fingerprint density at radius 3 is 1.59 bits per heavy atom. The molecule has 8 rings (SSSR count). The number of aliphatic carboxylic acids is 1. The lowest BCUT2D eigenvalue weighted by molar-refractivity contribution is -0.390. The highest BCUT2D eigenvalue weighted by Crippen LogP contribution is 2.38. The van der Waals surface area contributed by atoms with Gasteiger partial charge >= 0.3 is 18.0 Å². The van der Waals surface area contributed by atoms with Crippen LogP contribution in [0.2, 0.25) is 0 Å². The summed E-state index contributed by atoms with van der Waals surface area (Å²) in [4.78, 5) is 44.2. The van der Waals surface area contributed by atoms with E-state index in [0.29, 0.717) is 30.0 Å². The van der Waals surface area contributed by atoms with E-state index in [9.17, 15) is 23.3 Å². The third-order valence-corrected chi connectivity index (χ3v) is 12.8. The minimum atomic E-state index is -5.08. The molecule has 0 atom stereocenters. The van der Waals surface area contributed by atoms with Crippen molar-refractivity contribution in [1.82, 2.24) is 29.7 Å². The number of carbonyl (C=O) groups is 1. The Morgan fingerprint density at radius 1 is 0.746 bits per heavy atom. The van der Waals surface area contributed by atoms with Crippen LogP contribution in [0.5, 0.6) is 11.5 Å². The van der Waals surface area contributed by atoms with Gasteiger partial charge in [0.2, 0.25) is 5.75 Å². The number of rotatable bonds is 11. The number of nitrogen functional groups attached to an aromatic ring is 1. The second kappa shape index (κ2) is 21.9. The first-order valence-electron chi connectivity index (χ1n) is 20.1. The molecular weight excluding hydrogens is 858 g/mol. The summed E-state index contributed by atoms with van der Waals surface area (Å²) in [6.07, 6.45) is 6.59. The van der Waals surface area contributed by atoms with E-state index in [-0.39, 0.29) is 18.2 Å². The predicted molar refractivity (Wildman–Crippen MR) is 236 cm³/mol. The Morgan fingerprint density at radius 2 is 1.16 bits per heavy atom. The number of nitrogens with zero attached hydrogens (tertiary/aromatic N) is 7. The van der Waals surface area contributed by atoms with Crippen molar-refractivity contribution in [2.24, 2.45) is 0 Å². The van der Waals surface area contributed by atoms with Crippen LogP contribution < -0.4 is 15.2 Å². The first kappa shape index (κ1) is 46.5. The molecule has 2 saturated heterocycles. The van der Waals surface area contributed by atoms with Gasteiger partial charge in [-0.2, -0.15) is 13.2 Å². The van der Waals surface area contributed by atoms with Crippen molar-refractivity contribution in [2.75, 3.05) is 46.0 Å². The van der Waals surface area contributed by atoms with Crippen LogP contribution in [-0.4, -0.2) is 92.2 Å². The van der Waals surface area contributed by atoms with Gasteiger partial charge in [-0.25, -0.2) is 19.7 Å². The molecule has 19 heteroatoms. The fraction of sp³-hybridized carbons (Fsp3) is 0.341. The van der Waals surface area contributed by atoms with Crippen LogP contribution >= 0.6 is 22.7 Å². The number of halogens is 3. The number of piperidine rings is 2. The van der Waals surface area contributed by atoms with Crippen molar-refractivity contribution in [3.8, 4) is 32.4 Å². The number of nitro groups is 1. The van der Waals surface area contributed by atoms with Crippen LogP contribution in [0.3, 0.4) is 0 Å². The van der Waals surface area contributed by atoms with E-state index in [4.69, 9.17) is 25.1 Å². The summed E-state index contributed by atoms with van der Waals surface area (Å²) < 4.78 is 43.4. The number of hydrogen-bond acceptors (Lipinski definition) is 14. The zero-order valence-corrected chi connectivity index (χ0v) is 36.2. The van der Waals surface area contributed by atoms with Gasteiger partial charge in [0.15, 0.2) is 11.6 Å². The van der Waals surface area contributed by atoms with Crippen molar-refractivity contribution < 1.29 is 37.5 Å². The second-order valence-corrected chi connectivity index (χ2v) is 17.2. The molecule has 0 spiro atoms. The Bertz CT molecular complexity index is 2410. The van der Waals surface area contributed by atoms with Gasteiger partial charge in [0.25, 0.3) is 0 Å². The first-order valence-corrected chi connectivity index (χ1v) is 21.7. The molecule has 0 saturated carbocycles. The van der Waals surface area contributed by atoms with Crippen LogP contribution in [0.4, 0.5) is 24.8 Å². The summed E-state index contributed by atoms with van der Waals surface area (Å²) in [5, 5.41) is 20.8. The van der Waals surface area contributed by atoms with E-state index in [0.717, 1.165) is 76.0 Å². The molecule has 0 amide bonds. The van der Waals surface area contributed by atoms with Crippen LogP contribution in [0.15, 0.2) is 97.6 Å². The molecule has 6 aromatic rings. The third-order valence-electron chi connectivity index (χ3n) is 10.4. The van der Waals surface area contributed by atoms with Gasteiger partial charge in [0.05, 0.1) is 19.8 Å². The fourth-order valence-electron chi connectivity index (χ4n) is 6.72. The molecule has 332 valence electrons. The molecule has 6 heterocycles. The molecule has 2 aliphatic rings. The van der Waals surface area contributed by atoms with E-state index in [1.54, 1.807) is 34.9 Å². The molecule has 0 radical (unpaired) electrons. The normalized spacial score (nSPS) is 15.1. The summed E-state index contributed by atoms with van der Waals surface area (Å²) in [6.45, 7) is 5.16. The summed E-state index contributed by atoms with van der Waals surface area (Å²) in [6, 6.07) is 23.3. The van der Waals surface area contributed by atoms with Gasteiger partial charge in [-0.15, -0.1) is 22.7 Å². The van der Waals surface area contributed by atoms with Crippen LogP contribution in [0, 0.1) is 10.1 Å². The molecule has 0 bridgehead atoms. The van der Waals surface area contributed by atoms with Gasteiger partial charge in [-0.1, -0.05) is 60.7 Å². The van der Waals surface area contributed by atoms with Gasteiger partial charge in [0.1, 0.15) is 19.4 Å². The number of nitrogens with two attached hydrogens (primary N) is 1. The molecule has 4 aromatic heterocycles. The lowest BCUT2D eigenvalue weighted by Crippen LogP contribution is -2.29. The zero-order valence-electron chi connectivity index (χ0n) is 34.6. The van der Waals surface area contributed by atoms with Crippen molar-refractivity contribution in [1.29, 1.82) is 0 Å². The highest BCUT2D eigenvalue weighted by Gasteiger charge is 2.38. The number of likely N-dealkylation sites (tertiary alicyclic amines) is 2. The Labute approximate surface area is 370 Å². The summed E-state index contributed by atoms with van der Waals surface area (Å²) in [7, 11) is 4.32. The van der Waals surface area contributed by atoms with E-state index in [1.807, 2.05) is 79.1 Å². The largest absolute Gasteiger partial charge is 0.490 e. The van der Waals surface area contributed by atoms with Gasteiger partial charge < -0.3 is 40.2 Å². The minimum Gasteiger partial charge on any atom is -0.485 e. The summed E-state index contributed by atoms with van der Waals surface area (Å²) in [5.41, 5.74) is 9.85. The Balaban J connectivity index is 0.000000183. The number of ether oxygens (including phenoxy) is 2. The number of carboxylic acids is 1. The number of pyridine rings is 2. The van der Waals surface area contributed by atoms with Gasteiger partial charge in [-0.3, -0.25) is 0 Å². The number of hydrogen-bond donors (Lipinski definition) is 2. The third kappa shape index (κ3) is 13.5. The maximum Gasteiger partial charge on any atom is 0.490 e. The number of benzene rings is 2. The van der Waals surface area contributed by atoms with Crippen molar-refractivity contribution >= 4 is 40.3 Å². The molecule has 3 N–H and O–H groups in total. The molecule has 2 aromatic carbocycles. The number of anilines is 1. The number of carboxylic acid groups (broad SMARTS) is 1. The van der Waals surface area contributed by atoms with Crippen molar-refractivity contribution in [3.63, 3.8) is 0 Å².